The van der Waals surface area contributed by atoms with Crippen molar-refractivity contribution in [1.29, 1.82) is 0 Å². The quantitative estimate of drug-likeness (QED) is 0.266. The van der Waals surface area contributed by atoms with Crippen molar-refractivity contribution in [3.63, 3.8) is 0 Å². The molecule has 3 aromatic rings. The van der Waals surface area contributed by atoms with E-state index >= 15 is 0 Å². The number of hydrogen-bond acceptors (Lipinski definition) is 1. The van der Waals surface area contributed by atoms with Gasteiger partial charge >= 0.3 is 12.4 Å². The lowest BCUT2D eigenvalue weighted by Gasteiger charge is -2.39. The van der Waals surface area contributed by atoms with Gasteiger partial charge in [-0.15, -0.1) is 0 Å². The molecule has 0 aromatic heterocycles. The Hall–Kier alpha value is -2.80. The molecule has 0 amide bonds. The molecular weight excluding hydrogens is 512 g/mol. The summed E-state index contributed by atoms with van der Waals surface area (Å²) < 4.78 is 78.6. The summed E-state index contributed by atoms with van der Waals surface area (Å²) in [4.78, 5) is 2.37. The van der Waals surface area contributed by atoms with Crippen LogP contribution in [0.3, 0.4) is 0 Å². The first kappa shape index (κ1) is 29.2. The smallest absolute Gasteiger partial charge is 0.296 e. The second-order valence-corrected chi connectivity index (χ2v) is 10.7. The number of alkyl halides is 6. The van der Waals surface area contributed by atoms with E-state index in [-0.39, 0.29) is 12.0 Å². The van der Waals surface area contributed by atoms with Crippen molar-refractivity contribution >= 4 is 0 Å². The molecule has 0 spiro atoms. The summed E-state index contributed by atoms with van der Waals surface area (Å²) in [5.74, 6) is 0.521. The van der Waals surface area contributed by atoms with Gasteiger partial charge in [0.1, 0.15) is 0 Å². The van der Waals surface area contributed by atoms with E-state index in [2.05, 4.69) is 43.9 Å². The van der Waals surface area contributed by atoms with Crippen LogP contribution in [0.25, 0.3) is 11.1 Å². The highest BCUT2D eigenvalue weighted by Crippen LogP contribution is 2.38. The van der Waals surface area contributed by atoms with Gasteiger partial charge in [-0.3, -0.25) is 4.90 Å². The van der Waals surface area contributed by atoms with Gasteiger partial charge in [0.2, 0.25) is 0 Å². The topological polar surface area (TPSA) is 3.24 Å². The third-order valence-electron chi connectivity index (χ3n) is 8.08. The Balaban J connectivity index is 1.63. The summed E-state index contributed by atoms with van der Waals surface area (Å²) in [7, 11) is 0. The first-order valence-corrected chi connectivity index (χ1v) is 13.6. The molecule has 0 bridgehead atoms. The Morgan fingerprint density at radius 2 is 1.33 bits per heavy atom. The van der Waals surface area contributed by atoms with E-state index in [1.807, 2.05) is 0 Å². The Morgan fingerprint density at radius 3 is 1.87 bits per heavy atom. The highest BCUT2D eigenvalue weighted by molar-refractivity contribution is 5.66. The van der Waals surface area contributed by atoms with E-state index in [0.717, 1.165) is 90.9 Å². The lowest BCUT2D eigenvalue weighted by atomic mass is 9.84. The van der Waals surface area contributed by atoms with Crippen molar-refractivity contribution in [2.45, 2.75) is 76.7 Å². The summed E-state index contributed by atoms with van der Waals surface area (Å²) >= 11 is 0. The number of hydrogen-bond donors (Lipinski definition) is 0. The van der Waals surface area contributed by atoms with Crippen LogP contribution in [0.4, 0.5) is 26.3 Å². The van der Waals surface area contributed by atoms with Crippen LogP contribution < -0.4 is 0 Å². The van der Waals surface area contributed by atoms with E-state index in [9.17, 15) is 26.3 Å². The number of halogens is 6. The van der Waals surface area contributed by atoms with Gasteiger partial charge in [0, 0.05) is 12.6 Å². The molecule has 1 aliphatic heterocycles. The maximum Gasteiger partial charge on any atom is 0.416 e. The average molecular weight is 548 g/mol. The third kappa shape index (κ3) is 6.86. The monoisotopic (exact) mass is 547 g/mol. The molecule has 210 valence electrons. The fourth-order valence-corrected chi connectivity index (χ4v) is 5.61. The summed E-state index contributed by atoms with van der Waals surface area (Å²) in [5.41, 5.74) is 3.55. The molecular formula is C32H35F6N. The van der Waals surface area contributed by atoms with Crippen LogP contribution >= 0.6 is 0 Å². The van der Waals surface area contributed by atoms with Crippen LogP contribution in [0.2, 0.25) is 0 Å². The van der Waals surface area contributed by atoms with Gasteiger partial charge in [-0.25, -0.2) is 0 Å². The number of rotatable bonds is 7. The van der Waals surface area contributed by atoms with Gasteiger partial charge in [0.15, 0.2) is 0 Å². The highest BCUT2D eigenvalue weighted by atomic mass is 19.4. The number of nitrogens with zero attached hydrogens (tertiary/aromatic N) is 1. The Bertz CT molecular complexity index is 1230. The van der Waals surface area contributed by atoms with E-state index < -0.39 is 23.5 Å². The number of benzene rings is 3. The molecule has 1 aliphatic rings. The standard InChI is InChI=1S/C32H35F6N/c1-4-21(3)25-17-26(22-8-12-28(13-9-22)31(33,34)35)19-27(18-25)24-7-6-16-39(20-24)30(5-2)23-10-14-29(15-11-23)32(36,37)38/h8-15,17-19,21,24,30H,4-7,16,20H2,1-3H3/t21-,24?,30?/m1/s1. The van der Waals surface area contributed by atoms with Crippen molar-refractivity contribution < 1.29 is 26.3 Å². The normalized spacial score (nSPS) is 18.6. The van der Waals surface area contributed by atoms with Gasteiger partial charge in [-0.05, 0) is 96.1 Å². The summed E-state index contributed by atoms with van der Waals surface area (Å²) in [6.07, 6.45) is -5.07. The Morgan fingerprint density at radius 1 is 0.744 bits per heavy atom. The molecule has 2 unspecified atom stereocenters. The highest BCUT2D eigenvalue weighted by Gasteiger charge is 2.32. The molecule has 7 heteroatoms. The minimum absolute atomic E-state index is 0.0159. The first-order chi connectivity index (χ1) is 18.4. The summed E-state index contributed by atoms with van der Waals surface area (Å²) in [6, 6.07) is 17.2. The third-order valence-corrected chi connectivity index (χ3v) is 8.08. The van der Waals surface area contributed by atoms with Gasteiger partial charge in [0.05, 0.1) is 11.1 Å². The molecule has 3 aromatic carbocycles. The lowest BCUT2D eigenvalue weighted by molar-refractivity contribution is -0.138. The second-order valence-electron chi connectivity index (χ2n) is 10.7. The molecule has 0 aliphatic carbocycles. The molecule has 0 N–H and O–H groups in total. The van der Waals surface area contributed by atoms with Crippen LogP contribution in [0.1, 0.15) is 92.1 Å². The van der Waals surface area contributed by atoms with E-state index in [1.165, 1.54) is 12.1 Å². The largest absolute Gasteiger partial charge is 0.416 e. The molecule has 1 fully saturated rings. The molecule has 0 radical (unpaired) electrons. The van der Waals surface area contributed by atoms with Gasteiger partial charge < -0.3 is 0 Å². The van der Waals surface area contributed by atoms with Gasteiger partial charge in [-0.1, -0.05) is 63.2 Å². The molecule has 3 atom stereocenters. The van der Waals surface area contributed by atoms with Crippen LogP contribution in [0, 0.1) is 0 Å². The first-order valence-electron chi connectivity index (χ1n) is 13.6. The summed E-state index contributed by atoms with van der Waals surface area (Å²) in [5, 5.41) is 0. The van der Waals surface area contributed by atoms with Crippen molar-refractivity contribution in [2.24, 2.45) is 0 Å². The van der Waals surface area contributed by atoms with Crippen LogP contribution in [-0.2, 0) is 12.4 Å². The van der Waals surface area contributed by atoms with Crippen molar-refractivity contribution in [1.82, 2.24) is 4.90 Å². The van der Waals surface area contributed by atoms with Crippen molar-refractivity contribution in [3.05, 3.63) is 94.5 Å². The maximum atomic E-state index is 13.1. The average Bonchev–Trinajstić information content (AvgIpc) is 2.92. The fraction of sp³-hybridized carbons (Fsp3) is 0.438. The minimum atomic E-state index is -4.38. The minimum Gasteiger partial charge on any atom is -0.296 e. The maximum absolute atomic E-state index is 13.1. The van der Waals surface area contributed by atoms with E-state index in [0.29, 0.717) is 5.92 Å². The predicted molar refractivity (Wildman–Crippen MR) is 144 cm³/mol. The van der Waals surface area contributed by atoms with Crippen molar-refractivity contribution in [3.8, 4) is 11.1 Å². The lowest BCUT2D eigenvalue weighted by Crippen LogP contribution is -2.37. The van der Waals surface area contributed by atoms with Crippen LogP contribution in [0.15, 0.2) is 66.7 Å². The van der Waals surface area contributed by atoms with E-state index in [4.69, 9.17) is 0 Å². The molecule has 39 heavy (non-hydrogen) atoms. The predicted octanol–water partition coefficient (Wildman–Crippen LogP) is 10.2. The molecule has 0 saturated carbocycles. The zero-order chi connectivity index (χ0) is 28.4. The molecule has 1 nitrogen and oxygen atoms in total. The number of likely N-dealkylation sites (tertiary alicyclic amines) is 1. The number of piperidine rings is 1. The molecule has 1 heterocycles. The van der Waals surface area contributed by atoms with Crippen molar-refractivity contribution in [2.75, 3.05) is 13.1 Å². The Kier molecular flexibility index (Phi) is 8.79. The SMILES string of the molecule is CCC(c1ccc(C(F)(F)F)cc1)N1CCCC(c2cc(-c3ccc(C(F)(F)F)cc3)cc([C@H](C)CC)c2)C1. The second kappa shape index (κ2) is 11.7. The van der Waals surface area contributed by atoms with Crippen LogP contribution in [-0.4, -0.2) is 18.0 Å². The molecule has 4 rings (SSSR count). The zero-order valence-corrected chi connectivity index (χ0v) is 22.5. The Labute approximate surface area is 226 Å². The van der Waals surface area contributed by atoms with Gasteiger partial charge in [0.25, 0.3) is 0 Å². The van der Waals surface area contributed by atoms with Crippen LogP contribution in [0.5, 0.6) is 0 Å². The van der Waals surface area contributed by atoms with E-state index in [1.54, 1.807) is 12.1 Å². The molecule has 1 saturated heterocycles. The summed E-state index contributed by atoms with van der Waals surface area (Å²) in [6.45, 7) is 7.97. The fourth-order valence-electron chi connectivity index (χ4n) is 5.61. The van der Waals surface area contributed by atoms with Gasteiger partial charge in [-0.2, -0.15) is 26.3 Å². The zero-order valence-electron chi connectivity index (χ0n) is 22.5.